The number of halogens is 2. The van der Waals surface area contributed by atoms with Crippen LogP contribution in [0.2, 0.25) is 0 Å². The molecular weight excluding hydrogens is 346 g/mol. The summed E-state index contributed by atoms with van der Waals surface area (Å²) in [7, 11) is 0. The van der Waals surface area contributed by atoms with Gasteiger partial charge in [0.15, 0.2) is 0 Å². The molecule has 0 fully saturated rings. The monoisotopic (exact) mass is 351 g/mol. The van der Waals surface area contributed by atoms with Crippen LogP contribution in [0.15, 0.2) is 31.8 Å². The van der Waals surface area contributed by atoms with Gasteiger partial charge in [-0.1, -0.05) is 0 Å². The Labute approximate surface area is 107 Å². The molecule has 0 aromatic carbocycles. The largest absolute Gasteiger partial charge is 0.319 e. The second kappa shape index (κ2) is 4.45. The van der Waals surface area contributed by atoms with Crippen molar-refractivity contribution in [2.24, 2.45) is 5.73 Å². The Morgan fingerprint density at radius 1 is 1.00 bits per heavy atom. The highest BCUT2D eigenvalue weighted by molar-refractivity contribution is 9.11. The zero-order chi connectivity index (χ0) is 10.1. The molecule has 0 saturated heterocycles. The van der Waals surface area contributed by atoms with E-state index in [0.29, 0.717) is 0 Å². The summed E-state index contributed by atoms with van der Waals surface area (Å²) in [6.07, 6.45) is 0. The third kappa shape index (κ3) is 1.97. The quantitative estimate of drug-likeness (QED) is 0.852. The van der Waals surface area contributed by atoms with Gasteiger partial charge in [0, 0.05) is 18.7 Å². The van der Waals surface area contributed by atoms with E-state index in [1.54, 1.807) is 22.7 Å². The van der Waals surface area contributed by atoms with Crippen LogP contribution in [0, 0.1) is 0 Å². The fourth-order valence-electron chi connectivity index (χ4n) is 1.17. The predicted molar refractivity (Wildman–Crippen MR) is 70.1 cm³/mol. The number of hydrogen-bond donors (Lipinski definition) is 1. The highest BCUT2D eigenvalue weighted by atomic mass is 79.9. The minimum atomic E-state index is -0.0289. The lowest BCUT2D eigenvalue weighted by Gasteiger charge is -2.08. The summed E-state index contributed by atoms with van der Waals surface area (Å²) in [6, 6.07) is 4.03. The van der Waals surface area contributed by atoms with Crippen molar-refractivity contribution >= 4 is 54.5 Å². The number of nitrogens with two attached hydrogens (primary N) is 1. The van der Waals surface area contributed by atoms with E-state index in [1.807, 2.05) is 22.9 Å². The summed E-state index contributed by atoms with van der Waals surface area (Å²) < 4.78 is 2.19. The van der Waals surface area contributed by atoms with Gasteiger partial charge in [0.25, 0.3) is 0 Å². The molecule has 2 heterocycles. The van der Waals surface area contributed by atoms with Crippen molar-refractivity contribution in [2.75, 3.05) is 0 Å². The molecule has 0 aliphatic carbocycles. The van der Waals surface area contributed by atoms with Gasteiger partial charge in [-0.2, -0.15) is 0 Å². The van der Waals surface area contributed by atoms with Gasteiger partial charge in [0.1, 0.15) is 0 Å². The third-order valence-corrected chi connectivity index (χ3v) is 5.76. The standard InChI is InChI=1S/C9H7Br2NS2/c10-5-1-3-13-8(5)7(12)9-6(11)2-4-14-9/h1-4,7H,12H2. The zero-order valence-electron chi connectivity index (χ0n) is 7.04. The summed E-state index contributed by atoms with van der Waals surface area (Å²) >= 11 is 10.4. The van der Waals surface area contributed by atoms with E-state index in [0.717, 1.165) is 8.95 Å². The molecule has 2 N–H and O–H groups in total. The minimum absolute atomic E-state index is 0.0289. The second-order valence-corrected chi connectivity index (χ2v) is 6.35. The first-order valence-corrected chi connectivity index (χ1v) is 7.26. The fraction of sp³-hybridized carbons (Fsp3) is 0.111. The summed E-state index contributed by atoms with van der Waals surface area (Å²) in [5, 5.41) is 4.08. The topological polar surface area (TPSA) is 26.0 Å². The maximum atomic E-state index is 6.17. The Kier molecular flexibility index (Phi) is 3.44. The van der Waals surface area contributed by atoms with Crippen molar-refractivity contribution in [1.82, 2.24) is 0 Å². The van der Waals surface area contributed by atoms with Gasteiger partial charge in [-0.15, -0.1) is 22.7 Å². The lowest BCUT2D eigenvalue weighted by Crippen LogP contribution is -2.09. The number of rotatable bonds is 2. The normalized spacial score (nSPS) is 11.1. The van der Waals surface area contributed by atoms with E-state index in [9.17, 15) is 0 Å². The van der Waals surface area contributed by atoms with Gasteiger partial charge in [-0.3, -0.25) is 0 Å². The minimum Gasteiger partial charge on any atom is -0.319 e. The van der Waals surface area contributed by atoms with E-state index >= 15 is 0 Å². The van der Waals surface area contributed by atoms with Crippen LogP contribution in [-0.4, -0.2) is 0 Å². The van der Waals surface area contributed by atoms with E-state index < -0.39 is 0 Å². The highest BCUT2D eigenvalue weighted by Gasteiger charge is 2.17. The van der Waals surface area contributed by atoms with Gasteiger partial charge in [0.05, 0.1) is 6.04 Å². The first-order valence-electron chi connectivity index (χ1n) is 3.91. The molecule has 14 heavy (non-hydrogen) atoms. The van der Waals surface area contributed by atoms with Crippen molar-refractivity contribution in [3.63, 3.8) is 0 Å². The molecule has 2 aromatic heterocycles. The highest BCUT2D eigenvalue weighted by Crippen LogP contribution is 2.36. The smallest absolute Gasteiger partial charge is 0.0762 e. The molecule has 0 radical (unpaired) electrons. The third-order valence-electron chi connectivity index (χ3n) is 1.85. The Hall–Kier alpha value is 0.320. The lowest BCUT2D eigenvalue weighted by atomic mass is 10.2. The molecule has 0 spiro atoms. The first kappa shape index (κ1) is 10.8. The van der Waals surface area contributed by atoms with Crippen molar-refractivity contribution < 1.29 is 0 Å². The molecule has 0 aliphatic heterocycles. The van der Waals surface area contributed by atoms with Crippen LogP contribution < -0.4 is 5.73 Å². The molecule has 0 aliphatic rings. The number of hydrogen-bond acceptors (Lipinski definition) is 3. The van der Waals surface area contributed by atoms with Gasteiger partial charge in [0.2, 0.25) is 0 Å². The van der Waals surface area contributed by atoms with Crippen LogP contribution in [0.1, 0.15) is 15.8 Å². The molecule has 0 saturated carbocycles. The van der Waals surface area contributed by atoms with Crippen molar-refractivity contribution in [3.05, 3.63) is 41.6 Å². The van der Waals surface area contributed by atoms with Crippen LogP contribution in [0.4, 0.5) is 0 Å². The van der Waals surface area contributed by atoms with Crippen molar-refractivity contribution in [1.29, 1.82) is 0 Å². The SMILES string of the molecule is NC(c1sccc1Br)c1sccc1Br. The van der Waals surface area contributed by atoms with E-state index in [4.69, 9.17) is 5.73 Å². The molecule has 0 atom stereocenters. The van der Waals surface area contributed by atoms with Crippen LogP contribution >= 0.6 is 54.5 Å². The summed E-state index contributed by atoms with van der Waals surface area (Å²) in [6.45, 7) is 0. The molecule has 0 unspecified atom stereocenters. The second-order valence-electron chi connectivity index (χ2n) is 2.74. The van der Waals surface area contributed by atoms with Crippen LogP contribution in [0.25, 0.3) is 0 Å². The molecule has 5 heteroatoms. The predicted octanol–water partition coefficient (Wildman–Crippen LogP) is 4.38. The number of thiophene rings is 2. The van der Waals surface area contributed by atoms with Crippen molar-refractivity contribution in [3.8, 4) is 0 Å². The Bertz CT molecular complexity index is 395. The zero-order valence-corrected chi connectivity index (χ0v) is 11.8. The van der Waals surface area contributed by atoms with Crippen LogP contribution in [0.3, 0.4) is 0 Å². The van der Waals surface area contributed by atoms with Crippen LogP contribution in [0.5, 0.6) is 0 Å². The van der Waals surface area contributed by atoms with Crippen molar-refractivity contribution in [2.45, 2.75) is 6.04 Å². The average molecular weight is 353 g/mol. The molecule has 74 valence electrons. The first-order chi connectivity index (χ1) is 6.70. The molecule has 0 bridgehead atoms. The van der Waals surface area contributed by atoms with E-state index in [-0.39, 0.29) is 6.04 Å². The van der Waals surface area contributed by atoms with Crippen LogP contribution in [-0.2, 0) is 0 Å². The van der Waals surface area contributed by atoms with E-state index in [2.05, 4.69) is 31.9 Å². The average Bonchev–Trinajstić information content (AvgIpc) is 2.73. The molecule has 2 rings (SSSR count). The molecule has 1 nitrogen and oxygen atoms in total. The molecule has 2 aromatic rings. The maximum Gasteiger partial charge on any atom is 0.0762 e. The van der Waals surface area contributed by atoms with Gasteiger partial charge in [-0.05, 0) is 54.8 Å². The van der Waals surface area contributed by atoms with Gasteiger partial charge >= 0.3 is 0 Å². The Balaban J connectivity index is 2.38. The lowest BCUT2D eigenvalue weighted by molar-refractivity contribution is 0.907. The molecular formula is C9H7Br2NS2. The summed E-state index contributed by atoms with van der Waals surface area (Å²) in [4.78, 5) is 2.35. The fourth-order valence-corrected chi connectivity index (χ4v) is 4.51. The van der Waals surface area contributed by atoms with Gasteiger partial charge in [-0.25, -0.2) is 0 Å². The Morgan fingerprint density at radius 2 is 1.43 bits per heavy atom. The maximum absolute atomic E-state index is 6.17. The summed E-state index contributed by atoms with van der Waals surface area (Å²) in [5.74, 6) is 0. The Morgan fingerprint density at radius 3 is 1.71 bits per heavy atom. The van der Waals surface area contributed by atoms with E-state index in [1.165, 1.54) is 9.75 Å². The summed E-state index contributed by atoms with van der Waals surface area (Å²) in [5.41, 5.74) is 6.17. The van der Waals surface area contributed by atoms with Gasteiger partial charge < -0.3 is 5.73 Å². The molecule has 0 amide bonds.